The number of benzene rings is 1. The standard InChI is InChI=1S/C17H18F6N4O/c18-16(19,20)8-5-10(17(21,22)23)14-12(6-8)26-13(27-14)7-25-15(28)9-3-1-2-4-11(9)24/h5-6,9,11H,1-4,7,24H2,(H,25,28)(H,26,27)/t9-,11+/m0/s1. The van der Waals surface area contributed by atoms with E-state index in [1.165, 1.54) is 0 Å². The predicted octanol–water partition coefficient (Wildman–Crippen LogP) is 3.73. The number of amides is 1. The van der Waals surface area contributed by atoms with E-state index in [4.69, 9.17) is 5.73 Å². The number of aromatic nitrogens is 2. The summed E-state index contributed by atoms with van der Waals surface area (Å²) >= 11 is 0. The van der Waals surface area contributed by atoms with Crippen molar-refractivity contribution in [3.05, 3.63) is 29.1 Å². The predicted molar refractivity (Wildman–Crippen MR) is 87.9 cm³/mol. The molecule has 0 bridgehead atoms. The second-order valence-electron chi connectivity index (χ2n) is 6.87. The van der Waals surface area contributed by atoms with E-state index in [1.54, 1.807) is 0 Å². The second-order valence-corrected chi connectivity index (χ2v) is 6.87. The van der Waals surface area contributed by atoms with Gasteiger partial charge in [0.05, 0.1) is 34.6 Å². The molecule has 0 aliphatic heterocycles. The third-order valence-electron chi connectivity index (χ3n) is 4.86. The molecule has 0 spiro atoms. The second kappa shape index (κ2) is 7.26. The number of hydrogen-bond acceptors (Lipinski definition) is 3. The monoisotopic (exact) mass is 408 g/mol. The van der Waals surface area contributed by atoms with Gasteiger partial charge in [-0.2, -0.15) is 26.3 Å². The average Bonchev–Trinajstić information content (AvgIpc) is 3.00. The molecule has 0 saturated heterocycles. The van der Waals surface area contributed by atoms with Gasteiger partial charge in [-0.3, -0.25) is 4.79 Å². The molecule has 1 aromatic carbocycles. The fourth-order valence-corrected chi connectivity index (χ4v) is 3.42. The van der Waals surface area contributed by atoms with Crippen molar-refractivity contribution < 1.29 is 31.1 Å². The number of fused-ring (bicyclic) bond motifs is 1. The van der Waals surface area contributed by atoms with E-state index >= 15 is 0 Å². The number of aromatic amines is 1. The minimum absolute atomic E-state index is 0.0456. The van der Waals surface area contributed by atoms with E-state index in [0.717, 1.165) is 12.8 Å². The van der Waals surface area contributed by atoms with Gasteiger partial charge >= 0.3 is 12.4 Å². The summed E-state index contributed by atoms with van der Waals surface area (Å²) in [5, 5.41) is 2.55. The van der Waals surface area contributed by atoms with Crippen molar-refractivity contribution in [2.45, 2.75) is 50.6 Å². The first kappa shape index (κ1) is 20.4. The summed E-state index contributed by atoms with van der Waals surface area (Å²) in [5.41, 5.74) is 1.99. The number of nitrogens with one attached hydrogen (secondary N) is 2. The number of nitrogens with zero attached hydrogens (tertiary/aromatic N) is 1. The quantitative estimate of drug-likeness (QED) is 0.677. The first-order valence-corrected chi connectivity index (χ1v) is 8.67. The van der Waals surface area contributed by atoms with Crippen LogP contribution in [0.15, 0.2) is 12.1 Å². The maximum Gasteiger partial charge on any atom is 0.418 e. The van der Waals surface area contributed by atoms with Gasteiger partial charge in [0.2, 0.25) is 5.91 Å². The molecule has 1 aromatic heterocycles. The molecular formula is C17H18F6N4O. The van der Waals surface area contributed by atoms with Crippen molar-refractivity contribution in [2.75, 3.05) is 0 Å². The summed E-state index contributed by atoms with van der Waals surface area (Å²) in [6.07, 6.45) is -6.85. The third kappa shape index (κ3) is 4.23. The van der Waals surface area contributed by atoms with Crippen LogP contribution in [0.4, 0.5) is 26.3 Å². The third-order valence-corrected chi connectivity index (χ3v) is 4.86. The van der Waals surface area contributed by atoms with Crippen molar-refractivity contribution in [3.8, 4) is 0 Å². The Morgan fingerprint density at radius 1 is 1.14 bits per heavy atom. The molecule has 0 unspecified atom stereocenters. The van der Waals surface area contributed by atoms with E-state index in [1.807, 2.05) is 0 Å². The molecular weight excluding hydrogens is 390 g/mol. The highest BCUT2D eigenvalue weighted by Gasteiger charge is 2.39. The van der Waals surface area contributed by atoms with Crippen LogP contribution in [0.5, 0.6) is 0 Å². The molecule has 11 heteroatoms. The Balaban J connectivity index is 1.86. The topological polar surface area (TPSA) is 83.8 Å². The Kier molecular flexibility index (Phi) is 5.30. The van der Waals surface area contributed by atoms with Gasteiger partial charge in [0, 0.05) is 6.04 Å². The Bertz CT molecular complexity index is 873. The number of nitrogens with two attached hydrogens (primary N) is 1. The molecule has 1 saturated carbocycles. The largest absolute Gasteiger partial charge is 0.418 e. The molecule has 4 N–H and O–H groups in total. The molecule has 154 valence electrons. The van der Waals surface area contributed by atoms with Crippen LogP contribution in [-0.2, 0) is 23.7 Å². The number of imidazole rings is 1. The minimum atomic E-state index is -5.00. The normalized spacial score (nSPS) is 21.1. The number of halogens is 6. The molecule has 0 radical (unpaired) electrons. The van der Waals surface area contributed by atoms with Crippen molar-refractivity contribution in [1.82, 2.24) is 15.3 Å². The van der Waals surface area contributed by atoms with Gasteiger partial charge in [0.25, 0.3) is 0 Å². The van der Waals surface area contributed by atoms with Crippen LogP contribution in [0.25, 0.3) is 11.0 Å². The summed E-state index contributed by atoms with van der Waals surface area (Å²) < 4.78 is 78.3. The number of carbonyl (C=O) groups excluding carboxylic acids is 1. The Hall–Kier alpha value is -2.30. The average molecular weight is 408 g/mol. The molecule has 1 fully saturated rings. The zero-order valence-corrected chi connectivity index (χ0v) is 14.5. The number of hydrogen-bond donors (Lipinski definition) is 3. The number of rotatable bonds is 3. The van der Waals surface area contributed by atoms with Crippen molar-refractivity contribution in [3.63, 3.8) is 0 Å². The molecule has 2 aromatic rings. The lowest BCUT2D eigenvalue weighted by molar-refractivity contribution is -0.142. The van der Waals surface area contributed by atoms with Crippen LogP contribution < -0.4 is 11.1 Å². The van der Waals surface area contributed by atoms with Gasteiger partial charge < -0.3 is 16.0 Å². The molecule has 1 heterocycles. The van der Waals surface area contributed by atoms with Crippen LogP contribution >= 0.6 is 0 Å². The SMILES string of the molecule is N[C@@H]1CCCC[C@@H]1C(=O)NCc1nc2cc(C(F)(F)F)cc(C(F)(F)F)c2[nH]1. The highest BCUT2D eigenvalue weighted by Crippen LogP contribution is 2.39. The van der Waals surface area contributed by atoms with E-state index in [0.29, 0.717) is 18.9 Å². The first-order chi connectivity index (χ1) is 13.0. The van der Waals surface area contributed by atoms with Gasteiger partial charge in [0.1, 0.15) is 5.82 Å². The zero-order valence-electron chi connectivity index (χ0n) is 14.5. The maximum absolute atomic E-state index is 13.2. The fourth-order valence-electron chi connectivity index (χ4n) is 3.42. The summed E-state index contributed by atoms with van der Waals surface area (Å²) in [4.78, 5) is 18.4. The molecule has 2 atom stereocenters. The lowest BCUT2D eigenvalue weighted by atomic mass is 9.84. The molecule has 1 aliphatic rings. The molecule has 3 rings (SSSR count). The van der Waals surface area contributed by atoms with Gasteiger partial charge in [-0.15, -0.1) is 0 Å². The van der Waals surface area contributed by atoms with Crippen LogP contribution in [0, 0.1) is 5.92 Å². The molecule has 1 aliphatic carbocycles. The molecule has 5 nitrogen and oxygen atoms in total. The van der Waals surface area contributed by atoms with Gasteiger partial charge in [0.15, 0.2) is 0 Å². The molecule has 28 heavy (non-hydrogen) atoms. The van der Waals surface area contributed by atoms with Crippen molar-refractivity contribution in [2.24, 2.45) is 11.7 Å². The van der Waals surface area contributed by atoms with Crippen LogP contribution in [0.2, 0.25) is 0 Å². The summed E-state index contributed by atoms with van der Waals surface area (Å²) in [6.45, 7) is -0.241. The van der Waals surface area contributed by atoms with E-state index in [9.17, 15) is 31.1 Å². The zero-order chi connectivity index (χ0) is 20.7. The van der Waals surface area contributed by atoms with Crippen LogP contribution in [0.1, 0.15) is 42.6 Å². The van der Waals surface area contributed by atoms with E-state index in [2.05, 4.69) is 15.3 Å². The van der Waals surface area contributed by atoms with Crippen molar-refractivity contribution in [1.29, 1.82) is 0 Å². The smallest absolute Gasteiger partial charge is 0.349 e. The van der Waals surface area contributed by atoms with Crippen LogP contribution in [-0.4, -0.2) is 21.9 Å². The lowest BCUT2D eigenvalue weighted by Gasteiger charge is -2.27. The van der Waals surface area contributed by atoms with Gasteiger partial charge in [-0.05, 0) is 25.0 Å². The summed E-state index contributed by atoms with van der Waals surface area (Å²) in [7, 11) is 0. The first-order valence-electron chi connectivity index (χ1n) is 8.67. The highest BCUT2D eigenvalue weighted by atomic mass is 19.4. The Morgan fingerprint density at radius 2 is 1.82 bits per heavy atom. The van der Waals surface area contributed by atoms with Gasteiger partial charge in [-0.25, -0.2) is 4.98 Å². The minimum Gasteiger partial charge on any atom is -0.349 e. The van der Waals surface area contributed by atoms with E-state index in [-0.39, 0.29) is 30.4 Å². The Morgan fingerprint density at radius 3 is 2.43 bits per heavy atom. The maximum atomic E-state index is 13.2. The Labute approximate surface area is 155 Å². The van der Waals surface area contributed by atoms with E-state index < -0.39 is 40.4 Å². The number of carbonyl (C=O) groups is 1. The fraction of sp³-hybridized carbons (Fsp3) is 0.529. The summed E-state index contributed by atoms with van der Waals surface area (Å²) in [6, 6.07) is 0.295. The lowest BCUT2D eigenvalue weighted by Crippen LogP contribution is -2.43. The highest BCUT2D eigenvalue weighted by molar-refractivity contribution is 5.81. The number of H-pyrrole nitrogens is 1. The molecule has 1 amide bonds. The van der Waals surface area contributed by atoms with Crippen LogP contribution in [0.3, 0.4) is 0 Å². The van der Waals surface area contributed by atoms with Crippen molar-refractivity contribution >= 4 is 16.9 Å². The summed E-state index contributed by atoms with van der Waals surface area (Å²) in [5.74, 6) is -0.821. The number of alkyl halides is 6. The van der Waals surface area contributed by atoms with Gasteiger partial charge in [-0.1, -0.05) is 12.8 Å².